The summed E-state index contributed by atoms with van der Waals surface area (Å²) in [7, 11) is 0. The van der Waals surface area contributed by atoms with Crippen molar-refractivity contribution in [3.8, 4) is 5.75 Å². The quantitative estimate of drug-likeness (QED) is 0.406. The predicted molar refractivity (Wildman–Crippen MR) is 139 cm³/mol. The molecule has 7 nitrogen and oxygen atoms in total. The van der Waals surface area contributed by atoms with Crippen LogP contribution < -0.4 is 10.1 Å². The lowest BCUT2D eigenvalue weighted by Gasteiger charge is -2.40. The highest BCUT2D eigenvalue weighted by molar-refractivity contribution is 5.98. The maximum absolute atomic E-state index is 13.2. The first-order chi connectivity index (χ1) is 18.0. The predicted octanol–water partition coefficient (Wildman–Crippen LogP) is 6.54. The van der Waals surface area contributed by atoms with Crippen LogP contribution in [0.4, 0.5) is 24.8 Å². The van der Waals surface area contributed by atoms with Gasteiger partial charge in [0.15, 0.2) is 0 Å². The molecule has 204 valence electrons. The smallest absolute Gasteiger partial charge is 0.406 e. The summed E-state index contributed by atoms with van der Waals surface area (Å²) in [6.07, 6.45) is -1.72. The van der Waals surface area contributed by atoms with Gasteiger partial charge >= 0.3 is 6.36 Å². The number of fused-ring (bicyclic) bond motifs is 1. The third kappa shape index (κ3) is 5.90. The van der Waals surface area contributed by atoms with Crippen LogP contribution in [0.15, 0.2) is 42.5 Å². The molecular formula is C28H33F3N4O3. The molecule has 38 heavy (non-hydrogen) atoms. The lowest BCUT2D eigenvalue weighted by molar-refractivity contribution is -0.274. The Balaban J connectivity index is 1.52. The standard InChI is InChI=1S/C28H33F3N4O3/c1-18-14-21(17-27(2,3)16-18)35-24-15-19(25(36)34-10-12-37-13-11-34)4-9-23(24)33-26(35)32-20-5-7-22(8-6-20)38-28(29,30)31/h4-9,15,18,21H,10-14,16-17H2,1-3H3,(H,32,33)/t18?,21-/m1/s1. The van der Waals surface area contributed by atoms with E-state index in [4.69, 9.17) is 9.72 Å². The van der Waals surface area contributed by atoms with Crippen LogP contribution in [0.5, 0.6) is 5.75 Å². The first-order valence-corrected chi connectivity index (χ1v) is 13.0. The molecule has 2 heterocycles. The van der Waals surface area contributed by atoms with E-state index < -0.39 is 6.36 Å². The van der Waals surface area contributed by atoms with Crippen molar-refractivity contribution in [1.82, 2.24) is 14.5 Å². The Labute approximate surface area is 219 Å². The van der Waals surface area contributed by atoms with Gasteiger partial charge in [-0.15, -0.1) is 13.2 Å². The fraction of sp³-hybridized carbons (Fsp3) is 0.500. The number of anilines is 2. The number of carbonyl (C=O) groups is 1. The zero-order valence-corrected chi connectivity index (χ0v) is 21.8. The first-order valence-electron chi connectivity index (χ1n) is 13.0. The normalized spacial score (nSPS) is 21.9. The van der Waals surface area contributed by atoms with E-state index in [-0.39, 0.29) is 23.1 Å². The van der Waals surface area contributed by atoms with E-state index in [1.807, 2.05) is 12.1 Å². The van der Waals surface area contributed by atoms with E-state index in [0.29, 0.717) is 49.4 Å². The number of nitrogens with zero attached hydrogens (tertiary/aromatic N) is 3. The van der Waals surface area contributed by atoms with E-state index >= 15 is 0 Å². The Morgan fingerprint density at radius 3 is 2.47 bits per heavy atom. The molecule has 1 saturated heterocycles. The molecule has 1 aliphatic heterocycles. The van der Waals surface area contributed by atoms with E-state index in [1.54, 1.807) is 11.0 Å². The van der Waals surface area contributed by atoms with E-state index in [1.165, 1.54) is 24.3 Å². The topological polar surface area (TPSA) is 68.6 Å². The Bertz CT molecular complexity index is 1300. The minimum atomic E-state index is -4.75. The van der Waals surface area contributed by atoms with E-state index in [2.05, 4.69) is 35.4 Å². The molecule has 5 rings (SSSR count). The van der Waals surface area contributed by atoms with Gasteiger partial charge in [-0.05, 0) is 73.1 Å². The van der Waals surface area contributed by atoms with Crippen LogP contribution in [0, 0.1) is 11.3 Å². The van der Waals surface area contributed by atoms with Gasteiger partial charge in [0.1, 0.15) is 5.75 Å². The van der Waals surface area contributed by atoms with Gasteiger partial charge in [-0.3, -0.25) is 4.79 Å². The molecule has 0 spiro atoms. The molecule has 0 radical (unpaired) electrons. The number of aromatic nitrogens is 2. The number of benzene rings is 2. The van der Waals surface area contributed by atoms with Crippen molar-refractivity contribution in [3.63, 3.8) is 0 Å². The summed E-state index contributed by atoms with van der Waals surface area (Å²) in [5.41, 5.74) is 2.93. The zero-order valence-electron chi connectivity index (χ0n) is 21.8. The largest absolute Gasteiger partial charge is 0.573 e. The fourth-order valence-electron chi connectivity index (χ4n) is 5.99. The second-order valence-corrected chi connectivity index (χ2v) is 11.2. The average molecular weight is 531 g/mol. The second kappa shape index (κ2) is 10.1. The van der Waals surface area contributed by atoms with Crippen molar-refractivity contribution in [2.24, 2.45) is 11.3 Å². The molecule has 1 aliphatic carbocycles. The number of hydrogen-bond donors (Lipinski definition) is 1. The van der Waals surface area contributed by atoms with Crippen LogP contribution >= 0.6 is 0 Å². The molecule has 2 aromatic carbocycles. The molecule has 2 fully saturated rings. The molecular weight excluding hydrogens is 497 g/mol. The highest BCUT2D eigenvalue weighted by Crippen LogP contribution is 2.46. The van der Waals surface area contributed by atoms with Crippen molar-refractivity contribution in [3.05, 3.63) is 48.0 Å². The van der Waals surface area contributed by atoms with Crippen molar-refractivity contribution in [2.45, 2.75) is 52.4 Å². The van der Waals surface area contributed by atoms with Gasteiger partial charge in [-0.25, -0.2) is 4.98 Å². The number of carbonyl (C=O) groups excluding carboxylic acids is 1. The molecule has 1 aromatic heterocycles. The Hall–Kier alpha value is -3.27. The van der Waals surface area contributed by atoms with Crippen molar-refractivity contribution < 1.29 is 27.4 Å². The first kappa shape index (κ1) is 26.3. The summed E-state index contributed by atoms with van der Waals surface area (Å²) in [4.78, 5) is 19.9. The Morgan fingerprint density at radius 2 is 1.82 bits per heavy atom. The van der Waals surface area contributed by atoms with Crippen LogP contribution in [0.25, 0.3) is 11.0 Å². The van der Waals surface area contributed by atoms with Crippen LogP contribution in [-0.2, 0) is 4.74 Å². The molecule has 2 aliphatic rings. The molecule has 1 amide bonds. The third-order valence-corrected chi connectivity index (χ3v) is 7.31. The highest BCUT2D eigenvalue weighted by Gasteiger charge is 2.35. The summed E-state index contributed by atoms with van der Waals surface area (Å²) < 4.78 is 49.3. The van der Waals surface area contributed by atoms with E-state index in [9.17, 15) is 18.0 Å². The molecule has 10 heteroatoms. The third-order valence-electron chi connectivity index (χ3n) is 7.31. The van der Waals surface area contributed by atoms with Gasteiger partial charge in [-0.2, -0.15) is 0 Å². The average Bonchev–Trinajstić information content (AvgIpc) is 3.20. The number of rotatable bonds is 5. The number of nitrogens with one attached hydrogen (secondary N) is 1. The van der Waals surface area contributed by atoms with Gasteiger partial charge in [0.25, 0.3) is 5.91 Å². The second-order valence-electron chi connectivity index (χ2n) is 11.2. The molecule has 3 aromatic rings. The van der Waals surface area contributed by atoms with Gasteiger partial charge in [-0.1, -0.05) is 20.8 Å². The van der Waals surface area contributed by atoms with Crippen LogP contribution in [0.1, 0.15) is 56.4 Å². The van der Waals surface area contributed by atoms with Gasteiger partial charge < -0.3 is 24.3 Å². The Kier molecular flexibility index (Phi) is 7.02. The monoisotopic (exact) mass is 530 g/mol. The van der Waals surface area contributed by atoms with Crippen molar-refractivity contribution in [2.75, 3.05) is 31.6 Å². The lowest BCUT2D eigenvalue weighted by atomic mass is 9.70. The summed E-state index contributed by atoms with van der Waals surface area (Å²) in [6, 6.07) is 11.3. The van der Waals surface area contributed by atoms with Gasteiger partial charge in [0, 0.05) is 30.4 Å². The maximum atomic E-state index is 13.2. The van der Waals surface area contributed by atoms with Gasteiger partial charge in [0.05, 0.1) is 24.2 Å². The van der Waals surface area contributed by atoms with Crippen molar-refractivity contribution >= 4 is 28.6 Å². The van der Waals surface area contributed by atoms with Gasteiger partial charge in [0.2, 0.25) is 5.95 Å². The molecule has 1 saturated carbocycles. The highest BCUT2D eigenvalue weighted by atomic mass is 19.4. The molecule has 2 atom stereocenters. The number of morpholine rings is 1. The lowest BCUT2D eigenvalue weighted by Crippen LogP contribution is -2.40. The summed E-state index contributed by atoms with van der Waals surface area (Å²) in [5, 5.41) is 3.31. The summed E-state index contributed by atoms with van der Waals surface area (Å²) >= 11 is 0. The molecule has 0 bridgehead atoms. The fourth-order valence-corrected chi connectivity index (χ4v) is 5.99. The maximum Gasteiger partial charge on any atom is 0.573 e. The Morgan fingerprint density at radius 1 is 1.11 bits per heavy atom. The van der Waals surface area contributed by atoms with Crippen LogP contribution in [0.3, 0.4) is 0 Å². The molecule has 1 N–H and O–H groups in total. The zero-order chi connectivity index (χ0) is 27.1. The number of hydrogen-bond acceptors (Lipinski definition) is 5. The summed E-state index contributed by atoms with van der Waals surface area (Å²) in [5.74, 6) is 0.780. The number of halogens is 3. The SMILES string of the molecule is CC1C[C@@H](n2c(Nc3ccc(OC(F)(F)F)cc3)nc3ccc(C(=O)N4CCOCC4)cc32)CC(C)(C)C1. The number of alkyl halides is 3. The van der Waals surface area contributed by atoms with Crippen LogP contribution in [-0.4, -0.2) is 53.0 Å². The van der Waals surface area contributed by atoms with E-state index in [0.717, 1.165) is 30.3 Å². The number of ether oxygens (including phenoxy) is 2. The summed E-state index contributed by atoms with van der Waals surface area (Å²) in [6.45, 7) is 8.98. The number of imidazole rings is 1. The minimum absolute atomic E-state index is 0.0324. The van der Waals surface area contributed by atoms with Crippen LogP contribution in [0.2, 0.25) is 0 Å². The number of amides is 1. The molecule has 1 unspecified atom stereocenters. The van der Waals surface area contributed by atoms with Crippen molar-refractivity contribution in [1.29, 1.82) is 0 Å². The minimum Gasteiger partial charge on any atom is -0.406 e.